The smallest absolute Gasteiger partial charge is 0.418 e. The Hall–Kier alpha value is -6.03. The van der Waals surface area contributed by atoms with E-state index in [1.165, 1.54) is 72.6 Å². The molecule has 0 bridgehead atoms. The molecule has 0 saturated carbocycles. The van der Waals surface area contributed by atoms with E-state index >= 15 is 4.39 Å². The molecule has 4 atom stereocenters. The van der Waals surface area contributed by atoms with E-state index < -0.39 is 59.2 Å². The Morgan fingerprint density at radius 3 is 2.41 bits per heavy atom. The molecule has 2 unspecified atom stereocenters. The number of hydrogen-bond acceptors (Lipinski definition) is 12. The van der Waals surface area contributed by atoms with E-state index in [0.717, 1.165) is 33.6 Å². The lowest BCUT2D eigenvalue weighted by molar-refractivity contribution is -0.753. The van der Waals surface area contributed by atoms with Gasteiger partial charge in [-0.15, -0.1) is 16.0 Å². The molecule has 312 valence electrons. The van der Waals surface area contributed by atoms with Gasteiger partial charge >= 0.3 is 18.2 Å². The number of carbonyl (C=O) groups excluding carboxylic acids is 3. The standard InChI is InChI=1S/C40H43F2N8O7S.ClH/c1-24(35-46-32(20-58-35)28-13-11-27(19-43)12-14-28)40(54,30-18-29(41)15-16-31(30)42)21-50-23-49(22-45-50)26(3)55-37(52)48(8)34-33(10-9-17-44-34)56-36(51)25(2)47(7)38(53)57-39(4,5)6;/h9-18,20,22-26,54H,21H2,1-8H3;1H/q+1;/p-1/t24-,25?,26?,40+;/m0./s1. The van der Waals surface area contributed by atoms with Gasteiger partial charge in [0.05, 0.1) is 22.3 Å². The van der Waals surface area contributed by atoms with Gasteiger partial charge < -0.3 is 31.7 Å². The fourth-order valence-corrected chi connectivity index (χ4v) is 6.58. The lowest BCUT2D eigenvalue weighted by Crippen LogP contribution is -3.00. The predicted octanol–water partition coefficient (Wildman–Crippen LogP) is 3.49. The maximum absolute atomic E-state index is 15.4. The normalized spacial score (nSPS) is 13.7. The minimum absolute atomic E-state index is 0. The molecule has 3 aromatic heterocycles. The van der Waals surface area contributed by atoms with Gasteiger partial charge in [-0.05, 0) is 70.2 Å². The SMILES string of the molecule is CC(C(=O)Oc1cccnc1N(C)C(=O)OC(C)[n+]1cnn(C[C@](O)(c2cc(F)ccc2F)[C@@H](C)c2nc(-c3ccc(C#N)cc3)cs2)c1)N(C)C(=O)OC(C)(C)C.[Cl-]. The average molecular weight is 853 g/mol. The molecule has 19 heteroatoms. The average Bonchev–Trinajstić information content (AvgIpc) is 3.88. The van der Waals surface area contributed by atoms with Crippen LogP contribution in [0.15, 0.2) is 78.8 Å². The summed E-state index contributed by atoms with van der Waals surface area (Å²) in [6, 6.07) is 13.6. The summed E-state index contributed by atoms with van der Waals surface area (Å²) >= 11 is 1.23. The molecule has 0 aliphatic carbocycles. The highest BCUT2D eigenvalue weighted by molar-refractivity contribution is 7.10. The van der Waals surface area contributed by atoms with Crippen LogP contribution in [0.1, 0.15) is 69.8 Å². The summed E-state index contributed by atoms with van der Waals surface area (Å²) in [6.45, 7) is 9.39. The molecule has 0 aliphatic rings. The summed E-state index contributed by atoms with van der Waals surface area (Å²) in [5.41, 5.74) is -1.39. The van der Waals surface area contributed by atoms with Gasteiger partial charge in [-0.3, -0.25) is 9.80 Å². The number of pyridine rings is 1. The molecule has 0 saturated heterocycles. The van der Waals surface area contributed by atoms with Crippen molar-refractivity contribution >= 4 is 35.3 Å². The molecule has 3 heterocycles. The lowest BCUT2D eigenvalue weighted by Gasteiger charge is -2.32. The molecule has 15 nitrogen and oxygen atoms in total. The molecule has 2 aromatic carbocycles. The van der Waals surface area contributed by atoms with E-state index in [9.17, 15) is 23.9 Å². The highest BCUT2D eigenvalue weighted by atomic mass is 35.5. The van der Waals surface area contributed by atoms with Gasteiger partial charge in [0.1, 0.15) is 35.4 Å². The number of aliphatic hydroxyl groups is 1. The van der Waals surface area contributed by atoms with Crippen molar-refractivity contribution in [3.63, 3.8) is 0 Å². The third-order valence-electron chi connectivity index (χ3n) is 9.16. The number of rotatable bonds is 12. The van der Waals surface area contributed by atoms with Gasteiger partial charge in [0.15, 0.2) is 11.6 Å². The molecule has 0 fully saturated rings. The number of nitrogens with zero attached hydrogens (tertiary/aromatic N) is 8. The van der Waals surface area contributed by atoms with E-state index in [1.807, 2.05) is 0 Å². The van der Waals surface area contributed by atoms with Crippen molar-refractivity contribution in [2.24, 2.45) is 0 Å². The topological polar surface area (TPSA) is 177 Å². The number of thiazole rings is 1. The first-order valence-corrected chi connectivity index (χ1v) is 18.8. The largest absolute Gasteiger partial charge is 1.00 e. The monoisotopic (exact) mass is 852 g/mol. The number of benzene rings is 2. The fourth-order valence-electron chi connectivity index (χ4n) is 5.61. The molecular weight excluding hydrogens is 810 g/mol. The molecule has 1 N–H and O–H groups in total. The third kappa shape index (κ3) is 10.7. The maximum Gasteiger partial charge on any atom is 0.418 e. The molecular formula is C40H43ClF2N8O7S. The van der Waals surface area contributed by atoms with Crippen molar-refractivity contribution < 1.29 is 59.5 Å². The van der Waals surface area contributed by atoms with Crippen molar-refractivity contribution in [2.75, 3.05) is 19.0 Å². The van der Waals surface area contributed by atoms with Gasteiger partial charge in [0, 0.05) is 54.7 Å². The number of carbonyl (C=O) groups is 3. The van der Waals surface area contributed by atoms with Crippen LogP contribution in [0.2, 0.25) is 0 Å². The fraction of sp³-hybridized carbons (Fsp3) is 0.350. The van der Waals surface area contributed by atoms with Crippen molar-refractivity contribution in [1.29, 1.82) is 5.26 Å². The predicted molar refractivity (Wildman–Crippen MR) is 206 cm³/mol. The van der Waals surface area contributed by atoms with E-state index in [0.29, 0.717) is 16.3 Å². The van der Waals surface area contributed by atoms with Crippen LogP contribution in [0.25, 0.3) is 11.3 Å². The van der Waals surface area contributed by atoms with Crippen LogP contribution in [0.3, 0.4) is 0 Å². The van der Waals surface area contributed by atoms with Crippen LogP contribution in [-0.4, -0.2) is 73.6 Å². The first-order valence-electron chi connectivity index (χ1n) is 17.9. The van der Waals surface area contributed by atoms with E-state index in [4.69, 9.17) is 24.5 Å². The van der Waals surface area contributed by atoms with Gasteiger partial charge in [-0.1, -0.05) is 19.1 Å². The number of amides is 2. The maximum atomic E-state index is 15.4. The summed E-state index contributed by atoms with van der Waals surface area (Å²) in [4.78, 5) is 49.9. The number of esters is 1. The second-order valence-electron chi connectivity index (χ2n) is 14.5. The molecule has 2 amide bonds. The van der Waals surface area contributed by atoms with Gasteiger partial charge in [-0.25, -0.2) is 33.1 Å². The summed E-state index contributed by atoms with van der Waals surface area (Å²) in [7, 11) is 2.76. The van der Waals surface area contributed by atoms with Crippen LogP contribution >= 0.6 is 11.3 Å². The number of ether oxygens (including phenoxy) is 3. The number of anilines is 1. The zero-order valence-corrected chi connectivity index (χ0v) is 35.0. The van der Waals surface area contributed by atoms with E-state index in [1.54, 1.807) is 64.3 Å². The highest BCUT2D eigenvalue weighted by Crippen LogP contribution is 2.41. The molecule has 0 aliphatic heterocycles. The Morgan fingerprint density at radius 1 is 1.05 bits per heavy atom. The third-order valence-corrected chi connectivity index (χ3v) is 10.2. The quantitative estimate of drug-likeness (QED) is 0.144. The number of halogens is 3. The Morgan fingerprint density at radius 2 is 1.75 bits per heavy atom. The lowest BCUT2D eigenvalue weighted by atomic mass is 9.82. The van der Waals surface area contributed by atoms with Crippen LogP contribution in [0.5, 0.6) is 5.75 Å². The van der Waals surface area contributed by atoms with Crippen molar-refractivity contribution in [2.45, 2.75) is 77.5 Å². The summed E-state index contributed by atoms with van der Waals surface area (Å²) in [5.74, 6) is -3.42. The minimum atomic E-state index is -2.08. The van der Waals surface area contributed by atoms with E-state index in [2.05, 4.69) is 16.2 Å². The first kappa shape index (κ1) is 45.7. The Bertz CT molecular complexity index is 2330. The second-order valence-corrected chi connectivity index (χ2v) is 15.4. The molecule has 5 aromatic rings. The van der Waals surface area contributed by atoms with Crippen molar-refractivity contribution in [3.05, 3.63) is 107 Å². The Labute approximate surface area is 349 Å². The summed E-state index contributed by atoms with van der Waals surface area (Å²) < 4.78 is 49.3. The first-order chi connectivity index (χ1) is 27.3. The molecule has 0 spiro atoms. The molecule has 0 radical (unpaired) electrons. The second kappa shape index (κ2) is 18.7. The van der Waals surface area contributed by atoms with E-state index in [-0.39, 0.29) is 36.1 Å². The minimum Gasteiger partial charge on any atom is -1.00 e. The Balaban J connectivity index is 0.00000769. The Kier molecular flexibility index (Phi) is 14.5. The van der Waals surface area contributed by atoms with Gasteiger partial charge in [0.25, 0.3) is 6.33 Å². The van der Waals surface area contributed by atoms with Crippen LogP contribution in [0, 0.1) is 23.0 Å². The number of likely N-dealkylation sites (N-methyl/N-ethyl adjacent to an activating group) is 1. The summed E-state index contributed by atoms with van der Waals surface area (Å²) in [5, 5.41) is 28.0. The van der Waals surface area contributed by atoms with Crippen LogP contribution in [0.4, 0.5) is 24.2 Å². The van der Waals surface area contributed by atoms with Gasteiger partial charge in [0.2, 0.25) is 12.6 Å². The number of nitriles is 1. The van der Waals surface area contributed by atoms with Crippen LogP contribution in [-0.2, 0) is 26.4 Å². The zero-order chi connectivity index (χ0) is 42.5. The zero-order valence-electron chi connectivity index (χ0n) is 33.5. The summed E-state index contributed by atoms with van der Waals surface area (Å²) in [6.07, 6.45) is 1.52. The van der Waals surface area contributed by atoms with Crippen molar-refractivity contribution in [3.8, 4) is 23.1 Å². The number of aromatic nitrogens is 5. The molecule has 5 rings (SSSR count). The highest BCUT2D eigenvalue weighted by Gasteiger charge is 2.44. The molecule has 59 heavy (non-hydrogen) atoms. The number of hydrogen-bond donors (Lipinski definition) is 1. The van der Waals surface area contributed by atoms with Crippen LogP contribution < -0.4 is 26.6 Å². The van der Waals surface area contributed by atoms with Gasteiger partial charge in [-0.2, -0.15) is 9.83 Å². The van der Waals surface area contributed by atoms with Crippen molar-refractivity contribution in [1.82, 2.24) is 24.6 Å².